The van der Waals surface area contributed by atoms with Gasteiger partial charge in [0.1, 0.15) is 0 Å². The Morgan fingerprint density at radius 2 is 0.917 bits per heavy atom. The van der Waals surface area contributed by atoms with Crippen molar-refractivity contribution in [1.82, 2.24) is 0 Å². The molecule has 2 aromatic carbocycles. The fraction of sp³-hybridized carbons (Fsp3) is 0.0833. The van der Waals surface area contributed by atoms with Crippen LogP contribution in [0.15, 0.2) is 48.5 Å². The van der Waals surface area contributed by atoms with E-state index in [9.17, 15) is 0 Å². The molecule has 0 spiro atoms. The molecule has 0 saturated carbocycles. The number of rotatable bonds is 0. The summed E-state index contributed by atoms with van der Waals surface area (Å²) in [5, 5.41) is 2.62. The molecule has 0 nitrogen and oxygen atoms in total. The van der Waals surface area contributed by atoms with Crippen molar-refractivity contribution in [3.63, 3.8) is 0 Å². The summed E-state index contributed by atoms with van der Waals surface area (Å²) >= 11 is 0. The number of hydrogen-bond donors (Lipinski definition) is 0. The Bertz CT molecular complexity index is 271. The fourth-order valence-electron chi connectivity index (χ4n) is 1.13. The van der Waals surface area contributed by atoms with E-state index in [1.807, 2.05) is 0 Å². The Morgan fingerprint density at radius 1 is 0.667 bits per heavy atom. The lowest BCUT2D eigenvalue weighted by Crippen LogP contribution is -1.67. The maximum absolute atomic E-state index is 3.25. The lowest BCUT2D eigenvalue weighted by atomic mass is 10.1. The molecule has 0 heterocycles. The Kier molecular flexibility index (Phi) is 3.34. The smallest absolute Gasteiger partial charge is 0.0184 e. The van der Waals surface area contributed by atoms with Gasteiger partial charge in [-0.05, 0) is 10.8 Å². The van der Waals surface area contributed by atoms with Crippen LogP contribution in [0.2, 0.25) is 0 Å². The van der Waals surface area contributed by atoms with E-state index in [1.165, 1.54) is 10.8 Å². The summed E-state index contributed by atoms with van der Waals surface area (Å²) in [6, 6.07) is 16.7. The van der Waals surface area contributed by atoms with Gasteiger partial charge in [-0.1, -0.05) is 62.4 Å². The van der Waals surface area contributed by atoms with Gasteiger partial charge < -0.3 is 0 Å². The van der Waals surface area contributed by atoms with Crippen LogP contribution in [0.5, 0.6) is 0 Å². The summed E-state index contributed by atoms with van der Waals surface area (Å²) < 4.78 is 0. The largest absolute Gasteiger partial charge is 0.0654 e. The number of benzene rings is 2. The summed E-state index contributed by atoms with van der Waals surface area (Å²) in [6.07, 6.45) is 0. The molecule has 0 unspecified atom stereocenters. The SMILES string of the molecule is [CH2]C.c1ccc2ccccc2c1. The van der Waals surface area contributed by atoms with Gasteiger partial charge in [0.25, 0.3) is 0 Å². The van der Waals surface area contributed by atoms with Crippen LogP contribution < -0.4 is 0 Å². The van der Waals surface area contributed by atoms with Crippen molar-refractivity contribution in [1.29, 1.82) is 0 Å². The number of hydrogen-bond acceptors (Lipinski definition) is 0. The van der Waals surface area contributed by atoms with Gasteiger partial charge in [-0.3, -0.25) is 0 Å². The van der Waals surface area contributed by atoms with Crippen molar-refractivity contribution in [2.24, 2.45) is 0 Å². The van der Waals surface area contributed by atoms with Crippen LogP contribution in [0.25, 0.3) is 10.8 Å². The summed E-state index contributed by atoms with van der Waals surface area (Å²) in [6.45, 7) is 5.00. The zero-order chi connectivity index (χ0) is 8.81. The molecule has 0 heteroatoms. The first-order valence-corrected chi connectivity index (χ1v) is 4.11. The molecule has 2 rings (SSSR count). The molecular formula is C12H13. The van der Waals surface area contributed by atoms with Crippen LogP contribution in [-0.4, -0.2) is 0 Å². The van der Waals surface area contributed by atoms with Crippen LogP contribution in [0, 0.1) is 6.92 Å². The predicted octanol–water partition coefficient (Wildman–Crippen LogP) is 3.68. The topological polar surface area (TPSA) is 0 Å². The molecule has 0 aliphatic heterocycles. The zero-order valence-corrected chi connectivity index (χ0v) is 7.33. The van der Waals surface area contributed by atoms with Gasteiger partial charge in [0.2, 0.25) is 0 Å². The molecule has 0 amide bonds. The molecule has 12 heavy (non-hydrogen) atoms. The predicted molar refractivity (Wildman–Crippen MR) is 55.0 cm³/mol. The Balaban J connectivity index is 0.000000336. The minimum atomic E-state index is 1.31. The molecule has 1 radical (unpaired) electrons. The van der Waals surface area contributed by atoms with E-state index in [0.717, 1.165) is 0 Å². The third-order valence-electron chi connectivity index (χ3n) is 1.66. The minimum absolute atomic E-state index is 1.31. The van der Waals surface area contributed by atoms with Crippen molar-refractivity contribution in [2.45, 2.75) is 6.92 Å². The first-order valence-electron chi connectivity index (χ1n) is 4.11. The van der Waals surface area contributed by atoms with E-state index in [1.54, 1.807) is 6.92 Å². The monoisotopic (exact) mass is 157 g/mol. The molecule has 0 saturated heterocycles. The summed E-state index contributed by atoms with van der Waals surface area (Å²) in [5.41, 5.74) is 0. The van der Waals surface area contributed by atoms with E-state index in [2.05, 4.69) is 55.5 Å². The van der Waals surface area contributed by atoms with E-state index in [0.29, 0.717) is 0 Å². The van der Waals surface area contributed by atoms with E-state index in [-0.39, 0.29) is 0 Å². The lowest BCUT2D eigenvalue weighted by molar-refractivity contribution is 1.75. The van der Waals surface area contributed by atoms with Crippen LogP contribution in [0.1, 0.15) is 6.92 Å². The highest BCUT2D eigenvalue weighted by atomic mass is 13.9. The van der Waals surface area contributed by atoms with Gasteiger partial charge in [0.05, 0.1) is 0 Å². The Labute approximate surface area is 73.8 Å². The van der Waals surface area contributed by atoms with Crippen LogP contribution >= 0.6 is 0 Å². The van der Waals surface area contributed by atoms with Gasteiger partial charge in [0.15, 0.2) is 0 Å². The number of fused-ring (bicyclic) bond motifs is 1. The van der Waals surface area contributed by atoms with E-state index < -0.39 is 0 Å². The van der Waals surface area contributed by atoms with Crippen molar-refractivity contribution >= 4 is 10.8 Å². The second-order valence-electron chi connectivity index (χ2n) is 2.35. The summed E-state index contributed by atoms with van der Waals surface area (Å²) in [7, 11) is 0. The summed E-state index contributed by atoms with van der Waals surface area (Å²) in [5.74, 6) is 0. The second-order valence-corrected chi connectivity index (χ2v) is 2.35. The average Bonchev–Trinajstić information content (AvgIpc) is 2.21. The minimum Gasteiger partial charge on any atom is -0.0654 e. The standard InChI is InChI=1S/C10H8.C2H5/c1-2-6-10-8-4-3-7-9(10)5-1;1-2/h1-8H;1H2,2H3. The van der Waals surface area contributed by atoms with Gasteiger partial charge in [-0.2, -0.15) is 0 Å². The lowest BCUT2D eigenvalue weighted by Gasteiger charge is -1.92. The molecule has 0 atom stereocenters. The van der Waals surface area contributed by atoms with Crippen LogP contribution in [0.3, 0.4) is 0 Å². The zero-order valence-electron chi connectivity index (χ0n) is 7.33. The van der Waals surface area contributed by atoms with Gasteiger partial charge in [0, 0.05) is 0 Å². The molecule has 0 aliphatic carbocycles. The molecule has 2 aromatic rings. The highest BCUT2D eigenvalue weighted by molar-refractivity contribution is 5.81. The molecule has 0 bridgehead atoms. The summed E-state index contributed by atoms with van der Waals surface area (Å²) in [4.78, 5) is 0. The highest BCUT2D eigenvalue weighted by Gasteiger charge is 1.85. The average molecular weight is 157 g/mol. The third kappa shape index (κ3) is 1.85. The third-order valence-corrected chi connectivity index (χ3v) is 1.66. The first kappa shape index (κ1) is 8.79. The molecule has 0 aliphatic rings. The van der Waals surface area contributed by atoms with Crippen molar-refractivity contribution in [3.05, 3.63) is 55.5 Å². The molecular weight excluding hydrogens is 144 g/mol. The second kappa shape index (κ2) is 4.55. The van der Waals surface area contributed by atoms with Crippen molar-refractivity contribution in [2.75, 3.05) is 0 Å². The van der Waals surface area contributed by atoms with Crippen LogP contribution in [-0.2, 0) is 0 Å². The van der Waals surface area contributed by atoms with Crippen molar-refractivity contribution in [3.8, 4) is 0 Å². The molecule has 0 N–H and O–H groups in total. The maximum atomic E-state index is 3.25. The maximum Gasteiger partial charge on any atom is -0.0184 e. The highest BCUT2D eigenvalue weighted by Crippen LogP contribution is 2.11. The fourth-order valence-corrected chi connectivity index (χ4v) is 1.13. The molecule has 0 fully saturated rings. The van der Waals surface area contributed by atoms with E-state index >= 15 is 0 Å². The first-order chi connectivity index (χ1) is 5.97. The van der Waals surface area contributed by atoms with Gasteiger partial charge >= 0.3 is 0 Å². The van der Waals surface area contributed by atoms with E-state index in [4.69, 9.17) is 0 Å². The van der Waals surface area contributed by atoms with Gasteiger partial charge in [-0.25, -0.2) is 0 Å². The van der Waals surface area contributed by atoms with Crippen molar-refractivity contribution < 1.29 is 0 Å². The Hall–Kier alpha value is -1.30. The molecule has 61 valence electrons. The quantitative estimate of drug-likeness (QED) is 0.547. The van der Waals surface area contributed by atoms with Gasteiger partial charge in [-0.15, -0.1) is 0 Å². The molecule has 0 aromatic heterocycles. The normalized spacial score (nSPS) is 8.83. The Morgan fingerprint density at radius 3 is 1.17 bits per heavy atom. The van der Waals surface area contributed by atoms with Crippen LogP contribution in [0.4, 0.5) is 0 Å².